The average Bonchev–Trinajstić information content (AvgIpc) is 2.63. The summed E-state index contributed by atoms with van der Waals surface area (Å²) in [5, 5.41) is 0. The van der Waals surface area contributed by atoms with Crippen LogP contribution >= 0.6 is 0 Å². The maximum atomic E-state index is 11.1. The van der Waals surface area contributed by atoms with Crippen molar-refractivity contribution in [1.29, 1.82) is 0 Å². The first-order valence-electron chi connectivity index (χ1n) is 4.02. The number of ether oxygens (including phenoxy) is 1. The van der Waals surface area contributed by atoms with Crippen LogP contribution in [-0.4, -0.2) is 5.78 Å². The lowest BCUT2D eigenvalue weighted by Crippen LogP contribution is -1.95. The minimum atomic E-state index is -0.269. The third kappa shape index (κ3) is 1.34. The number of carbonyl (C=O) groups is 1. The lowest BCUT2D eigenvalue weighted by atomic mass is 10.0. The first-order chi connectivity index (χ1) is 6.31. The first kappa shape index (κ1) is 8.03. The maximum absolute atomic E-state index is 11.1. The summed E-state index contributed by atoms with van der Waals surface area (Å²) < 4.78 is 5.22. The maximum Gasteiger partial charge on any atom is 0.235 e. The van der Waals surface area contributed by atoms with Crippen molar-refractivity contribution in [1.82, 2.24) is 0 Å². The predicted molar refractivity (Wildman–Crippen MR) is 48.1 cm³/mol. The van der Waals surface area contributed by atoms with E-state index in [1.165, 1.54) is 0 Å². The summed E-state index contributed by atoms with van der Waals surface area (Å²) in [5.74, 6) is 1.82. The van der Waals surface area contributed by atoms with Crippen molar-refractivity contribution in [2.45, 2.75) is 13.2 Å². The third-order valence-electron chi connectivity index (χ3n) is 2.11. The number of benzene rings is 1. The van der Waals surface area contributed by atoms with Gasteiger partial charge in [0.25, 0.3) is 0 Å². The van der Waals surface area contributed by atoms with Crippen LogP contribution in [-0.2, 0) is 18.0 Å². The van der Waals surface area contributed by atoms with E-state index >= 15 is 0 Å². The van der Waals surface area contributed by atoms with E-state index in [4.69, 9.17) is 11.2 Å². The zero-order valence-corrected chi connectivity index (χ0v) is 7.04. The molecule has 1 aromatic carbocycles. The van der Waals surface area contributed by atoms with Crippen LogP contribution in [0.2, 0.25) is 0 Å². The summed E-state index contributed by atoms with van der Waals surface area (Å²) >= 11 is 0. The van der Waals surface area contributed by atoms with Gasteiger partial charge in [-0.2, -0.15) is 0 Å². The van der Waals surface area contributed by atoms with E-state index in [1.54, 1.807) is 6.07 Å². The lowest BCUT2D eigenvalue weighted by Gasteiger charge is -1.98. The summed E-state index contributed by atoms with van der Waals surface area (Å²) in [5.41, 5.74) is 2.79. The topological polar surface area (TPSA) is 26.3 Å². The lowest BCUT2D eigenvalue weighted by molar-refractivity contribution is 0.105. The van der Waals surface area contributed by atoms with Gasteiger partial charge in [-0.25, -0.2) is 0 Å². The summed E-state index contributed by atoms with van der Waals surface area (Å²) in [6.45, 7) is 1.22. The molecule has 0 unspecified atom stereocenters. The number of terminal acetylenes is 1. The van der Waals surface area contributed by atoms with Crippen molar-refractivity contribution >= 4 is 5.78 Å². The van der Waals surface area contributed by atoms with E-state index in [-0.39, 0.29) is 5.78 Å². The second kappa shape index (κ2) is 3.04. The zero-order chi connectivity index (χ0) is 9.26. The van der Waals surface area contributed by atoms with Gasteiger partial charge in [-0.3, -0.25) is 4.79 Å². The Balaban J connectivity index is 2.43. The van der Waals surface area contributed by atoms with E-state index in [0.29, 0.717) is 18.8 Å². The Kier molecular flexibility index (Phi) is 1.88. The van der Waals surface area contributed by atoms with Crippen LogP contribution in [0.4, 0.5) is 0 Å². The number of carbonyl (C=O) groups excluding carboxylic acids is 1. The fraction of sp³-hybridized carbons (Fsp3) is 0.182. The highest BCUT2D eigenvalue weighted by Gasteiger charge is 2.12. The number of rotatable bonds is 1. The standard InChI is InChI=1S/C11H8O2/c1-2-11(12)8-3-4-9-6-13-7-10(9)5-8/h1,3-5H,6-7H2. The van der Waals surface area contributed by atoms with Crippen molar-refractivity contribution in [3.63, 3.8) is 0 Å². The fourth-order valence-electron chi connectivity index (χ4n) is 1.40. The quantitative estimate of drug-likeness (QED) is 0.365. The zero-order valence-electron chi connectivity index (χ0n) is 7.04. The first-order valence-corrected chi connectivity index (χ1v) is 4.02. The van der Waals surface area contributed by atoms with Gasteiger partial charge in [-0.05, 0) is 29.2 Å². The van der Waals surface area contributed by atoms with Crippen LogP contribution in [0.25, 0.3) is 0 Å². The molecule has 1 aliphatic rings. The van der Waals surface area contributed by atoms with Crippen LogP contribution in [0.15, 0.2) is 18.2 Å². The number of fused-ring (bicyclic) bond motifs is 1. The molecule has 0 radical (unpaired) electrons. The SMILES string of the molecule is C#CC(=O)c1ccc2c(c1)COC2. The smallest absolute Gasteiger partial charge is 0.235 e. The van der Waals surface area contributed by atoms with E-state index in [1.807, 2.05) is 12.1 Å². The third-order valence-corrected chi connectivity index (χ3v) is 2.11. The Morgan fingerprint density at radius 2 is 2.15 bits per heavy atom. The van der Waals surface area contributed by atoms with Crippen molar-refractivity contribution in [2.24, 2.45) is 0 Å². The van der Waals surface area contributed by atoms with Gasteiger partial charge in [0.05, 0.1) is 13.2 Å². The van der Waals surface area contributed by atoms with Crippen LogP contribution in [0, 0.1) is 12.3 Å². The molecule has 0 bridgehead atoms. The molecule has 0 saturated heterocycles. The summed E-state index contributed by atoms with van der Waals surface area (Å²) in [4.78, 5) is 11.1. The van der Waals surface area contributed by atoms with Gasteiger partial charge in [-0.1, -0.05) is 6.07 Å². The van der Waals surface area contributed by atoms with Crippen LogP contribution in [0.1, 0.15) is 21.5 Å². The second-order valence-corrected chi connectivity index (χ2v) is 2.95. The highest BCUT2D eigenvalue weighted by Crippen LogP contribution is 2.20. The van der Waals surface area contributed by atoms with Crippen LogP contribution in [0.5, 0.6) is 0 Å². The summed E-state index contributed by atoms with van der Waals surface area (Å²) in [6, 6.07) is 5.45. The largest absolute Gasteiger partial charge is 0.372 e. The second-order valence-electron chi connectivity index (χ2n) is 2.95. The molecule has 1 heterocycles. The number of Topliss-reactive ketones (excluding diaryl/α,β-unsaturated/α-hetero) is 1. The molecule has 64 valence electrons. The molecule has 2 heteroatoms. The van der Waals surface area contributed by atoms with Crippen molar-refractivity contribution in [3.05, 3.63) is 34.9 Å². The van der Waals surface area contributed by atoms with Gasteiger partial charge < -0.3 is 4.74 Å². The predicted octanol–water partition coefficient (Wildman–Crippen LogP) is 1.53. The number of hydrogen-bond donors (Lipinski definition) is 0. The van der Waals surface area contributed by atoms with Gasteiger partial charge >= 0.3 is 0 Å². The number of ketones is 1. The molecule has 0 fully saturated rings. The molecule has 1 aliphatic heterocycles. The molecule has 1 aromatic rings. The van der Waals surface area contributed by atoms with Crippen molar-refractivity contribution in [2.75, 3.05) is 0 Å². The summed E-state index contributed by atoms with van der Waals surface area (Å²) in [6.07, 6.45) is 5.02. The number of hydrogen-bond acceptors (Lipinski definition) is 2. The van der Waals surface area contributed by atoms with Crippen molar-refractivity contribution in [3.8, 4) is 12.3 Å². The Morgan fingerprint density at radius 1 is 1.38 bits per heavy atom. The van der Waals surface area contributed by atoms with Gasteiger partial charge in [-0.15, -0.1) is 6.42 Å². The van der Waals surface area contributed by atoms with E-state index < -0.39 is 0 Å². The van der Waals surface area contributed by atoms with Gasteiger partial charge in [0.1, 0.15) is 0 Å². The normalized spacial score (nSPS) is 13.5. The van der Waals surface area contributed by atoms with Crippen LogP contribution < -0.4 is 0 Å². The van der Waals surface area contributed by atoms with Gasteiger partial charge in [0, 0.05) is 5.56 Å². The molecule has 0 spiro atoms. The monoisotopic (exact) mass is 172 g/mol. The highest BCUT2D eigenvalue weighted by atomic mass is 16.5. The fourth-order valence-corrected chi connectivity index (χ4v) is 1.40. The molecule has 0 amide bonds. The van der Waals surface area contributed by atoms with Gasteiger partial charge in [0.15, 0.2) is 0 Å². The molecular weight excluding hydrogens is 164 g/mol. The molecule has 2 rings (SSSR count). The Hall–Kier alpha value is -1.59. The molecule has 0 aromatic heterocycles. The molecular formula is C11H8O2. The minimum absolute atomic E-state index is 0.269. The summed E-state index contributed by atoms with van der Waals surface area (Å²) in [7, 11) is 0. The molecule has 0 atom stereocenters. The molecule has 2 nitrogen and oxygen atoms in total. The van der Waals surface area contributed by atoms with E-state index in [2.05, 4.69) is 5.92 Å². The molecule has 0 aliphatic carbocycles. The van der Waals surface area contributed by atoms with Gasteiger partial charge in [0.2, 0.25) is 5.78 Å². The Labute approximate surface area is 76.5 Å². The Morgan fingerprint density at radius 3 is 2.92 bits per heavy atom. The molecule has 13 heavy (non-hydrogen) atoms. The Bertz CT molecular complexity index is 399. The van der Waals surface area contributed by atoms with Crippen LogP contribution in [0.3, 0.4) is 0 Å². The molecule has 0 saturated carbocycles. The van der Waals surface area contributed by atoms with E-state index in [0.717, 1.165) is 11.1 Å². The minimum Gasteiger partial charge on any atom is -0.372 e. The average molecular weight is 172 g/mol. The van der Waals surface area contributed by atoms with Crippen molar-refractivity contribution < 1.29 is 9.53 Å². The van der Waals surface area contributed by atoms with E-state index in [9.17, 15) is 4.79 Å². The molecule has 0 N–H and O–H groups in total. The highest BCUT2D eigenvalue weighted by molar-refractivity contribution is 6.08.